The number of hydrogen-bond donors (Lipinski definition) is 0. The van der Waals surface area contributed by atoms with E-state index in [1.807, 2.05) is 30.3 Å². The van der Waals surface area contributed by atoms with E-state index in [0.29, 0.717) is 30.8 Å². The van der Waals surface area contributed by atoms with E-state index in [1.165, 1.54) is 16.2 Å². The third-order valence-electron chi connectivity index (χ3n) is 4.24. The molecule has 6 heteroatoms. The molecule has 22 heavy (non-hydrogen) atoms. The summed E-state index contributed by atoms with van der Waals surface area (Å²) >= 11 is 1.48. The molecule has 3 heterocycles. The Morgan fingerprint density at radius 1 is 1.09 bits per heavy atom. The average molecular weight is 314 g/mol. The van der Waals surface area contributed by atoms with Crippen LogP contribution < -0.4 is 0 Å². The van der Waals surface area contributed by atoms with E-state index < -0.39 is 0 Å². The summed E-state index contributed by atoms with van der Waals surface area (Å²) in [5.41, 5.74) is 0. The molecule has 0 saturated carbocycles. The number of thiophene rings is 1. The van der Waals surface area contributed by atoms with Crippen LogP contribution in [0.15, 0.2) is 30.3 Å². The van der Waals surface area contributed by atoms with Gasteiger partial charge in [0.2, 0.25) is 11.8 Å². The van der Waals surface area contributed by atoms with Gasteiger partial charge in [-0.05, 0) is 17.5 Å². The van der Waals surface area contributed by atoms with Crippen LogP contribution in [0.5, 0.6) is 0 Å². The SMILES string of the molecule is O=C(c1cc2ccccc2s1)N1CC(N2C(=O)CCC2=O)C1. The van der Waals surface area contributed by atoms with E-state index in [9.17, 15) is 14.4 Å². The van der Waals surface area contributed by atoms with Crippen molar-refractivity contribution in [3.63, 3.8) is 0 Å². The Balaban J connectivity index is 1.47. The standard InChI is InChI=1S/C16H14N2O3S/c19-14-5-6-15(20)18(14)11-8-17(9-11)16(21)13-7-10-3-1-2-4-12(10)22-13/h1-4,7,11H,5-6,8-9H2. The highest BCUT2D eigenvalue weighted by Crippen LogP contribution is 2.29. The zero-order valence-corrected chi connectivity index (χ0v) is 12.6. The van der Waals surface area contributed by atoms with Crippen LogP contribution in [0, 0.1) is 0 Å². The molecule has 0 radical (unpaired) electrons. The predicted octanol–water partition coefficient (Wildman–Crippen LogP) is 1.87. The molecule has 0 aliphatic carbocycles. The lowest BCUT2D eigenvalue weighted by atomic mass is 10.1. The minimum atomic E-state index is -0.138. The molecular weight excluding hydrogens is 300 g/mol. The maximum Gasteiger partial charge on any atom is 0.264 e. The molecule has 1 aromatic carbocycles. The van der Waals surface area contributed by atoms with E-state index in [1.54, 1.807) is 4.90 Å². The molecule has 0 atom stereocenters. The van der Waals surface area contributed by atoms with Gasteiger partial charge in [0.05, 0.1) is 10.9 Å². The number of carbonyl (C=O) groups excluding carboxylic acids is 3. The van der Waals surface area contributed by atoms with Crippen LogP contribution in [0.3, 0.4) is 0 Å². The monoisotopic (exact) mass is 314 g/mol. The fourth-order valence-electron chi connectivity index (χ4n) is 3.03. The highest BCUT2D eigenvalue weighted by atomic mass is 32.1. The van der Waals surface area contributed by atoms with Crippen molar-refractivity contribution in [2.45, 2.75) is 18.9 Å². The topological polar surface area (TPSA) is 57.7 Å². The molecule has 5 nitrogen and oxygen atoms in total. The van der Waals surface area contributed by atoms with Crippen LogP contribution in [0.1, 0.15) is 22.5 Å². The third-order valence-corrected chi connectivity index (χ3v) is 5.35. The summed E-state index contributed by atoms with van der Waals surface area (Å²) in [4.78, 5) is 39.6. The van der Waals surface area contributed by atoms with Crippen LogP contribution in [0.25, 0.3) is 10.1 Å². The highest BCUT2D eigenvalue weighted by molar-refractivity contribution is 7.20. The van der Waals surface area contributed by atoms with Crippen molar-refractivity contribution in [2.24, 2.45) is 0 Å². The molecule has 4 rings (SSSR count). The van der Waals surface area contributed by atoms with Crippen LogP contribution in [-0.2, 0) is 9.59 Å². The number of benzene rings is 1. The average Bonchev–Trinajstić information content (AvgIpc) is 3.03. The summed E-state index contributed by atoms with van der Waals surface area (Å²) < 4.78 is 1.09. The lowest BCUT2D eigenvalue weighted by Crippen LogP contribution is -2.62. The Hall–Kier alpha value is -2.21. The number of amides is 3. The minimum Gasteiger partial charge on any atom is -0.334 e. The highest BCUT2D eigenvalue weighted by Gasteiger charge is 2.43. The lowest BCUT2D eigenvalue weighted by molar-refractivity contribution is -0.144. The summed E-state index contributed by atoms with van der Waals surface area (Å²) in [6, 6.07) is 9.66. The zero-order chi connectivity index (χ0) is 15.3. The Labute approximate surface area is 131 Å². The number of likely N-dealkylation sites (tertiary alicyclic amines) is 2. The van der Waals surface area contributed by atoms with E-state index >= 15 is 0 Å². The summed E-state index contributed by atoms with van der Waals surface area (Å²) in [6.45, 7) is 0.898. The first-order valence-electron chi connectivity index (χ1n) is 7.26. The van der Waals surface area contributed by atoms with Gasteiger partial charge >= 0.3 is 0 Å². The molecule has 2 aromatic rings. The summed E-state index contributed by atoms with van der Waals surface area (Å²) in [6.07, 6.45) is 0.610. The normalized spacial score (nSPS) is 19.1. The number of carbonyl (C=O) groups is 3. The Bertz CT molecular complexity index is 743. The first-order valence-corrected chi connectivity index (χ1v) is 8.08. The second kappa shape index (κ2) is 4.91. The van der Waals surface area contributed by atoms with E-state index in [0.717, 1.165) is 10.1 Å². The van der Waals surface area contributed by atoms with Crippen molar-refractivity contribution in [2.75, 3.05) is 13.1 Å². The quantitative estimate of drug-likeness (QED) is 0.795. The maximum absolute atomic E-state index is 12.5. The molecule has 0 spiro atoms. The van der Waals surface area contributed by atoms with E-state index in [-0.39, 0.29) is 23.8 Å². The van der Waals surface area contributed by atoms with Crippen molar-refractivity contribution in [3.05, 3.63) is 35.2 Å². The summed E-state index contributed by atoms with van der Waals surface area (Å²) in [5.74, 6) is -0.232. The molecule has 1 aromatic heterocycles. The number of hydrogen-bond acceptors (Lipinski definition) is 4. The smallest absolute Gasteiger partial charge is 0.264 e. The van der Waals surface area contributed by atoms with Crippen LogP contribution in [0.2, 0.25) is 0 Å². The van der Waals surface area contributed by atoms with E-state index in [4.69, 9.17) is 0 Å². The third kappa shape index (κ3) is 2.02. The van der Waals surface area contributed by atoms with Gasteiger partial charge in [-0.25, -0.2) is 0 Å². The van der Waals surface area contributed by atoms with Gasteiger partial charge in [-0.1, -0.05) is 18.2 Å². The molecule has 112 valence electrons. The molecule has 2 fully saturated rings. The second-order valence-electron chi connectivity index (χ2n) is 5.67. The van der Waals surface area contributed by atoms with Crippen LogP contribution in [-0.4, -0.2) is 46.7 Å². The van der Waals surface area contributed by atoms with Gasteiger partial charge in [0.1, 0.15) is 0 Å². The van der Waals surface area contributed by atoms with Crippen molar-refractivity contribution in [1.29, 1.82) is 0 Å². The molecule has 0 bridgehead atoms. The van der Waals surface area contributed by atoms with Crippen molar-refractivity contribution in [3.8, 4) is 0 Å². The summed E-state index contributed by atoms with van der Waals surface area (Å²) in [5, 5.41) is 1.07. The van der Waals surface area contributed by atoms with Gasteiger partial charge in [-0.15, -0.1) is 11.3 Å². The molecule has 0 unspecified atom stereocenters. The molecule has 0 N–H and O–H groups in total. The number of rotatable bonds is 2. The number of imide groups is 1. The van der Waals surface area contributed by atoms with Crippen molar-refractivity contribution < 1.29 is 14.4 Å². The fourth-order valence-corrected chi connectivity index (χ4v) is 4.06. The molecular formula is C16H14N2O3S. The Morgan fingerprint density at radius 2 is 1.77 bits per heavy atom. The molecule has 2 aliphatic heterocycles. The Morgan fingerprint density at radius 3 is 2.45 bits per heavy atom. The Kier molecular flexibility index (Phi) is 3.00. The fraction of sp³-hybridized carbons (Fsp3) is 0.312. The second-order valence-corrected chi connectivity index (χ2v) is 6.75. The lowest BCUT2D eigenvalue weighted by Gasteiger charge is -2.42. The van der Waals surface area contributed by atoms with Gasteiger partial charge in [0.25, 0.3) is 5.91 Å². The molecule has 2 saturated heterocycles. The van der Waals surface area contributed by atoms with Crippen LogP contribution in [0.4, 0.5) is 0 Å². The first-order chi connectivity index (χ1) is 10.6. The minimum absolute atomic E-state index is 0.0171. The van der Waals surface area contributed by atoms with Crippen LogP contribution >= 0.6 is 11.3 Å². The van der Waals surface area contributed by atoms with E-state index in [2.05, 4.69) is 0 Å². The predicted molar refractivity (Wildman–Crippen MR) is 82.6 cm³/mol. The van der Waals surface area contributed by atoms with Crippen molar-refractivity contribution in [1.82, 2.24) is 9.80 Å². The number of fused-ring (bicyclic) bond motifs is 1. The maximum atomic E-state index is 12.5. The van der Waals surface area contributed by atoms with Gasteiger partial charge in [0, 0.05) is 30.6 Å². The summed E-state index contributed by atoms with van der Waals surface area (Å²) in [7, 11) is 0. The first kappa shape index (κ1) is 13.5. The number of nitrogens with zero attached hydrogens (tertiary/aromatic N) is 2. The zero-order valence-electron chi connectivity index (χ0n) is 11.8. The van der Waals surface area contributed by atoms with Gasteiger partial charge in [-0.2, -0.15) is 0 Å². The van der Waals surface area contributed by atoms with Gasteiger partial charge in [-0.3, -0.25) is 19.3 Å². The molecule has 2 aliphatic rings. The van der Waals surface area contributed by atoms with Gasteiger partial charge in [0.15, 0.2) is 0 Å². The molecule has 3 amide bonds. The van der Waals surface area contributed by atoms with Crippen molar-refractivity contribution >= 4 is 39.1 Å². The largest absolute Gasteiger partial charge is 0.334 e. The van der Waals surface area contributed by atoms with Gasteiger partial charge < -0.3 is 4.90 Å².